The summed E-state index contributed by atoms with van der Waals surface area (Å²) in [5.41, 5.74) is 3.18. The molecule has 0 unspecified atom stereocenters. The maximum atomic E-state index is 12.9. The summed E-state index contributed by atoms with van der Waals surface area (Å²) >= 11 is 0. The number of hydrogen-bond acceptors (Lipinski definition) is 2. The lowest BCUT2D eigenvalue weighted by Crippen LogP contribution is -2.52. The quantitative estimate of drug-likeness (QED) is 0.731. The van der Waals surface area contributed by atoms with Gasteiger partial charge in [-0.2, -0.15) is 0 Å². The standard InChI is InChI=1S/C23H22N2O2/c1-27-20-14-12-19(13-15-20)25-22(18-10-6-3-7-11-18)21(16-24-23(25)26)17-8-4-2-5-9-17/h2-15,21-22H,16H2,1H3,(H,24,26)/t21-,22-/m1/s1. The van der Waals surface area contributed by atoms with Crippen LogP contribution in [0.5, 0.6) is 5.75 Å². The van der Waals surface area contributed by atoms with Crippen LogP contribution in [0.3, 0.4) is 0 Å². The molecule has 1 N–H and O–H groups in total. The van der Waals surface area contributed by atoms with Gasteiger partial charge in [-0.05, 0) is 35.4 Å². The van der Waals surface area contributed by atoms with Crippen LogP contribution in [0.15, 0.2) is 84.9 Å². The minimum absolute atomic E-state index is 0.0822. The molecule has 1 saturated heterocycles. The van der Waals surface area contributed by atoms with Gasteiger partial charge in [0.2, 0.25) is 0 Å². The van der Waals surface area contributed by atoms with E-state index in [0.29, 0.717) is 6.54 Å². The van der Waals surface area contributed by atoms with Gasteiger partial charge in [0.15, 0.2) is 0 Å². The van der Waals surface area contributed by atoms with E-state index in [2.05, 4.69) is 29.6 Å². The van der Waals surface area contributed by atoms with Crippen LogP contribution < -0.4 is 15.0 Å². The van der Waals surface area contributed by atoms with Gasteiger partial charge in [-0.3, -0.25) is 4.90 Å². The fraction of sp³-hybridized carbons (Fsp3) is 0.174. The van der Waals surface area contributed by atoms with E-state index in [1.165, 1.54) is 5.56 Å². The Bertz CT molecular complexity index is 895. The van der Waals surface area contributed by atoms with Gasteiger partial charge in [0.1, 0.15) is 5.75 Å². The molecule has 0 bridgehead atoms. The molecule has 1 aliphatic rings. The first-order chi connectivity index (χ1) is 13.3. The molecule has 27 heavy (non-hydrogen) atoms. The number of carbonyl (C=O) groups is 1. The molecule has 1 fully saturated rings. The number of rotatable bonds is 4. The zero-order valence-corrected chi connectivity index (χ0v) is 15.2. The second kappa shape index (κ2) is 7.54. The maximum absolute atomic E-state index is 12.9. The van der Waals surface area contributed by atoms with Crippen molar-refractivity contribution in [2.45, 2.75) is 12.0 Å². The molecule has 4 heteroatoms. The molecule has 4 nitrogen and oxygen atoms in total. The maximum Gasteiger partial charge on any atom is 0.322 e. The molecular formula is C23H22N2O2. The summed E-state index contributed by atoms with van der Waals surface area (Å²) in [5.74, 6) is 0.917. The van der Waals surface area contributed by atoms with Crippen LogP contribution in [0.25, 0.3) is 0 Å². The Balaban J connectivity index is 1.81. The first-order valence-corrected chi connectivity index (χ1v) is 9.09. The Labute approximate surface area is 159 Å². The van der Waals surface area contributed by atoms with E-state index in [0.717, 1.165) is 17.0 Å². The Morgan fingerprint density at radius 3 is 2.04 bits per heavy atom. The highest BCUT2D eigenvalue weighted by atomic mass is 16.5. The summed E-state index contributed by atoms with van der Waals surface area (Å²) in [6, 6.07) is 28.1. The number of carbonyl (C=O) groups excluding carboxylic acids is 1. The highest BCUT2D eigenvalue weighted by molar-refractivity contribution is 5.94. The van der Waals surface area contributed by atoms with Crippen molar-refractivity contribution < 1.29 is 9.53 Å². The zero-order valence-electron chi connectivity index (χ0n) is 15.2. The number of methoxy groups -OCH3 is 1. The van der Waals surface area contributed by atoms with Crippen molar-refractivity contribution in [1.29, 1.82) is 0 Å². The third-order valence-electron chi connectivity index (χ3n) is 5.07. The smallest absolute Gasteiger partial charge is 0.322 e. The molecular weight excluding hydrogens is 336 g/mol. The fourth-order valence-corrected chi connectivity index (χ4v) is 3.75. The van der Waals surface area contributed by atoms with Gasteiger partial charge >= 0.3 is 6.03 Å². The first-order valence-electron chi connectivity index (χ1n) is 9.09. The van der Waals surface area contributed by atoms with Crippen LogP contribution in [0.4, 0.5) is 10.5 Å². The van der Waals surface area contributed by atoms with Crippen molar-refractivity contribution in [3.63, 3.8) is 0 Å². The zero-order chi connectivity index (χ0) is 18.6. The van der Waals surface area contributed by atoms with Crippen LogP contribution >= 0.6 is 0 Å². The van der Waals surface area contributed by atoms with Gasteiger partial charge in [-0.15, -0.1) is 0 Å². The molecule has 3 aromatic rings. The SMILES string of the molecule is COc1ccc(N2C(=O)NC[C@H](c3ccccc3)[C@H]2c2ccccc2)cc1. The van der Waals surface area contributed by atoms with Crippen molar-refractivity contribution >= 4 is 11.7 Å². The van der Waals surface area contributed by atoms with Crippen molar-refractivity contribution in [1.82, 2.24) is 5.32 Å². The Morgan fingerprint density at radius 2 is 1.44 bits per heavy atom. The van der Waals surface area contributed by atoms with Crippen LogP contribution in [-0.2, 0) is 0 Å². The average Bonchev–Trinajstić information content (AvgIpc) is 2.75. The van der Waals surface area contributed by atoms with Gasteiger partial charge in [0.05, 0.1) is 13.2 Å². The largest absolute Gasteiger partial charge is 0.497 e. The molecule has 2 amide bonds. The molecule has 0 saturated carbocycles. The lowest BCUT2D eigenvalue weighted by atomic mass is 9.84. The van der Waals surface area contributed by atoms with Crippen molar-refractivity contribution in [3.05, 3.63) is 96.1 Å². The number of hydrogen-bond donors (Lipinski definition) is 1. The average molecular weight is 358 g/mol. The number of nitrogens with one attached hydrogen (secondary N) is 1. The number of amides is 2. The monoisotopic (exact) mass is 358 g/mol. The van der Waals surface area contributed by atoms with Gasteiger partial charge < -0.3 is 10.1 Å². The van der Waals surface area contributed by atoms with Gasteiger partial charge in [-0.1, -0.05) is 60.7 Å². The fourth-order valence-electron chi connectivity index (χ4n) is 3.75. The molecule has 0 aromatic heterocycles. The predicted octanol–water partition coefficient (Wildman–Crippen LogP) is 4.75. The van der Waals surface area contributed by atoms with E-state index in [-0.39, 0.29) is 18.0 Å². The summed E-state index contributed by atoms with van der Waals surface area (Å²) in [5, 5.41) is 3.06. The topological polar surface area (TPSA) is 41.6 Å². The summed E-state index contributed by atoms with van der Waals surface area (Å²) in [4.78, 5) is 14.8. The number of ether oxygens (including phenoxy) is 1. The highest BCUT2D eigenvalue weighted by Crippen LogP contribution is 2.41. The molecule has 136 valence electrons. The number of anilines is 1. The van der Waals surface area contributed by atoms with E-state index >= 15 is 0 Å². The molecule has 0 aliphatic carbocycles. The highest BCUT2D eigenvalue weighted by Gasteiger charge is 2.38. The molecule has 0 radical (unpaired) electrons. The first kappa shape index (κ1) is 17.2. The Kier molecular flexibility index (Phi) is 4.79. The van der Waals surface area contributed by atoms with E-state index in [4.69, 9.17) is 4.74 Å². The molecule has 4 rings (SSSR count). The second-order valence-electron chi connectivity index (χ2n) is 6.63. The summed E-state index contributed by atoms with van der Waals surface area (Å²) in [6.45, 7) is 0.606. The molecule has 3 aromatic carbocycles. The van der Waals surface area contributed by atoms with Gasteiger partial charge in [-0.25, -0.2) is 4.79 Å². The minimum atomic E-state index is -0.0873. The van der Waals surface area contributed by atoms with Crippen LogP contribution in [0, 0.1) is 0 Å². The summed E-state index contributed by atoms with van der Waals surface area (Å²) in [7, 11) is 1.64. The van der Waals surface area contributed by atoms with E-state index in [1.807, 2.05) is 65.6 Å². The van der Waals surface area contributed by atoms with Crippen LogP contribution in [0.1, 0.15) is 23.1 Å². The second-order valence-corrected chi connectivity index (χ2v) is 6.63. The number of urea groups is 1. The molecule has 0 spiro atoms. The normalized spacial score (nSPS) is 19.4. The summed E-state index contributed by atoms with van der Waals surface area (Å²) < 4.78 is 5.27. The molecule has 1 aliphatic heterocycles. The third kappa shape index (κ3) is 3.38. The lowest BCUT2D eigenvalue weighted by molar-refractivity contribution is 0.234. The summed E-state index contributed by atoms with van der Waals surface area (Å²) in [6.07, 6.45) is 0. The van der Waals surface area contributed by atoms with Crippen LogP contribution in [0.2, 0.25) is 0 Å². The van der Waals surface area contributed by atoms with Gasteiger partial charge in [0, 0.05) is 18.2 Å². The van der Waals surface area contributed by atoms with E-state index < -0.39 is 0 Å². The van der Waals surface area contributed by atoms with Crippen molar-refractivity contribution in [2.75, 3.05) is 18.6 Å². The number of benzene rings is 3. The Morgan fingerprint density at radius 1 is 0.852 bits per heavy atom. The van der Waals surface area contributed by atoms with Crippen molar-refractivity contribution in [2.24, 2.45) is 0 Å². The van der Waals surface area contributed by atoms with Crippen molar-refractivity contribution in [3.8, 4) is 5.75 Å². The minimum Gasteiger partial charge on any atom is -0.497 e. The predicted molar refractivity (Wildman–Crippen MR) is 107 cm³/mol. The third-order valence-corrected chi connectivity index (χ3v) is 5.07. The lowest BCUT2D eigenvalue weighted by Gasteiger charge is -2.42. The van der Waals surface area contributed by atoms with Crippen LogP contribution in [-0.4, -0.2) is 19.7 Å². The van der Waals surface area contributed by atoms with E-state index in [1.54, 1.807) is 7.11 Å². The number of nitrogens with zero attached hydrogens (tertiary/aromatic N) is 1. The molecule has 1 heterocycles. The van der Waals surface area contributed by atoms with Gasteiger partial charge in [0.25, 0.3) is 0 Å². The van der Waals surface area contributed by atoms with E-state index in [9.17, 15) is 4.79 Å². The Hall–Kier alpha value is -3.27. The molecule has 2 atom stereocenters.